The van der Waals surface area contributed by atoms with Crippen molar-refractivity contribution >= 4 is 11.6 Å². The maximum absolute atomic E-state index is 11.8. The first-order chi connectivity index (χ1) is 8.58. The number of nitrogens with two attached hydrogens (primary N) is 1. The first-order valence-electron chi connectivity index (χ1n) is 5.96. The Kier molecular flexibility index (Phi) is 5.45. The lowest BCUT2D eigenvalue weighted by molar-refractivity contribution is -0.119. The van der Waals surface area contributed by atoms with Crippen molar-refractivity contribution in [2.24, 2.45) is 11.7 Å². The molecule has 0 spiro atoms. The molecule has 1 rings (SSSR count). The second-order valence-electron chi connectivity index (χ2n) is 4.20. The topological polar surface area (TPSA) is 84.6 Å². The van der Waals surface area contributed by atoms with Gasteiger partial charge in [-0.15, -0.1) is 0 Å². The Bertz CT molecular complexity index is 407. The van der Waals surface area contributed by atoms with Gasteiger partial charge < -0.3 is 20.9 Å². The van der Waals surface area contributed by atoms with Gasteiger partial charge in [-0.3, -0.25) is 4.79 Å². The van der Waals surface area contributed by atoms with Crippen molar-refractivity contribution in [1.29, 1.82) is 0 Å². The lowest BCUT2D eigenvalue weighted by Gasteiger charge is -2.13. The monoisotopic (exact) mass is 252 g/mol. The largest absolute Gasteiger partial charge is 0.506 e. The van der Waals surface area contributed by atoms with Crippen LogP contribution in [0.15, 0.2) is 18.2 Å². The first-order valence-corrected chi connectivity index (χ1v) is 5.96. The molecule has 1 atom stereocenters. The lowest BCUT2D eigenvalue weighted by atomic mass is 10.0. The summed E-state index contributed by atoms with van der Waals surface area (Å²) in [6.45, 7) is 2.41. The second kappa shape index (κ2) is 6.86. The number of carbonyl (C=O) groups is 1. The highest BCUT2D eigenvalue weighted by atomic mass is 16.5. The number of methoxy groups -OCH3 is 1. The van der Waals surface area contributed by atoms with Gasteiger partial charge in [-0.25, -0.2) is 0 Å². The Morgan fingerprint density at radius 3 is 2.83 bits per heavy atom. The molecule has 0 aliphatic rings. The number of phenolic OH excluding ortho intramolecular Hbond substituents is 1. The quantitative estimate of drug-likeness (QED) is 0.673. The molecule has 0 saturated heterocycles. The van der Waals surface area contributed by atoms with E-state index in [0.717, 1.165) is 12.8 Å². The van der Waals surface area contributed by atoms with Crippen molar-refractivity contribution in [1.82, 2.24) is 0 Å². The van der Waals surface area contributed by atoms with Crippen LogP contribution in [0, 0.1) is 5.92 Å². The van der Waals surface area contributed by atoms with E-state index in [4.69, 9.17) is 10.5 Å². The van der Waals surface area contributed by atoms with Gasteiger partial charge in [0.15, 0.2) is 0 Å². The molecule has 0 fully saturated rings. The number of ether oxygens (including phenoxy) is 1. The third kappa shape index (κ3) is 3.92. The minimum atomic E-state index is -0.130. The Hall–Kier alpha value is -1.75. The van der Waals surface area contributed by atoms with E-state index < -0.39 is 0 Å². The van der Waals surface area contributed by atoms with Gasteiger partial charge in [-0.05, 0) is 31.5 Å². The Labute approximate surface area is 107 Å². The molecule has 1 amide bonds. The van der Waals surface area contributed by atoms with Crippen LogP contribution >= 0.6 is 0 Å². The molecule has 1 aromatic rings. The van der Waals surface area contributed by atoms with Crippen LogP contribution in [-0.2, 0) is 4.79 Å². The number of benzene rings is 1. The molecular formula is C13H20N2O3. The summed E-state index contributed by atoms with van der Waals surface area (Å²) in [5, 5.41) is 12.4. The fraction of sp³-hybridized carbons (Fsp3) is 0.462. The van der Waals surface area contributed by atoms with Gasteiger partial charge in [0.05, 0.1) is 12.8 Å². The number of anilines is 1. The number of amides is 1. The molecule has 5 nitrogen and oxygen atoms in total. The van der Waals surface area contributed by atoms with E-state index in [-0.39, 0.29) is 17.6 Å². The summed E-state index contributed by atoms with van der Waals surface area (Å²) in [6, 6.07) is 4.75. The molecule has 5 heteroatoms. The minimum Gasteiger partial charge on any atom is -0.506 e. The third-order valence-corrected chi connectivity index (χ3v) is 2.75. The predicted molar refractivity (Wildman–Crippen MR) is 70.7 cm³/mol. The summed E-state index contributed by atoms with van der Waals surface area (Å²) in [6.07, 6.45) is 1.54. The van der Waals surface area contributed by atoms with Crippen molar-refractivity contribution < 1.29 is 14.6 Å². The minimum absolute atomic E-state index is 0.00581. The lowest BCUT2D eigenvalue weighted by Crippen LogP contribution is -2.21. The van der Waals surface area contributed by atoms with E-state index in [2.05, 4.69) is 5.32 Å². The molecule has 18 heavy (non-hydrogen) atoms. The van der Waals surface area contributed by atoms with Crippen molar-refractivity contribution in [2.75, 3.05) is 19.0 Å². The van der Waals surface area contributed by atoms with Crippen LogP contribution in [0.4, 0.5) is 5.69 Å². The molecule has 100 valence electrons. The third-order valence-electron chi connectivity index (χ3n) is 2.75. The highest BCUT2D eigenvalue weighted by Crippen LogP contribution is 2.28. The number of phenols is 1. The van der Waals surface area contributed by atoms with Crippen molar-refractivity contribution in [3.63, 3.8) is 0 Å². The van der Waals surface area contributed by atoms with Gasteiger partial charge in [-0.1, -0.05) is 6.92 Å². The number of hydrogen-bond donors (Lipinski definition) is 3. The number of carbonyl (C=O) groups excluding carboxylic acids is 1. The number of nitrogens with one attached hydrogen (secondary N) is 1. The molecule has 1 aromatic carbocycles. The van der Waals surface area contributed by atoms with E-state index in [1.165, 1.54) is 13.2 Å². The van der Waals surface area contributed by atoms with Crippen molar-refractivity contribution in [3.05, 3.63) is 18.2 Å². The zero-order valence-electron chi connectivity index (χ0n) is 10.8. The van der Waals surface area contributed by atoms with Crippen molar-refractivity contribution in [3.8, 4) is 11.5 Å². The van der Waals surface area contributed by atoms with Crippen molar-refractivity contribution in [2.45, 2.75) is 19.8 Å². The standard InChI is InChI=1S/C13H20N2O3/c1-9(4-3-7-14)13(17)15-11-6-5-10(18-2)8-12(11)16/h5-6,8-9,16H,3-4,7,14H2,1-2H3,(H,15,17). The zero-order valence-corrected chi connectivity index (χ0v) is 10.8. The van der Waals surface area contributed by atoms with Crippen LogP contribution in [0.3, 0.4) is 0 Å². The summed E-state index contributed by atoms with van der Waals surface area (Å²) in [4.78, 5) is 11.8. The molecule has 0 aromatic heterocycles. The predicted octanol–water partition coefficient (Wildman–Crippen LogP) is 1.71. The fourth-order valence-electron chi connectivity index (χ4n) is 1.56. The second-order valence-corrected chi connectivity index (χ2v) is 4.20. The van der Waals surface area contributed by atoms with Crippen LogP contribution in [0.2, 0.25) is 0 Å². The summed E-state index contributed by atoms with van der Waals surface area (Å²) >= 11 is 0. The van der Waals surface area contributed by atoms with E-state index in [1.807, 2.05) is 6.92 Å². The smallest absolute Gasteiger partial charge is 0.227 e. The van der Waals surface area contributed by atoms with E-state index in [0.29, 0.717) is 18.0 Å². The Morgan fingerprint density at radius 1 is 1.56 bits per heavy atom. The Morgan fingerprint density at radius 2 is 2.28 bits per heavy atom. The highest BCUT2D eigenvalue weighted by molar-refractivity contribution is 5.93. The van der Waals surface area contributed by atoms with Crippen LogP contribution in [-0.4, -0.2) is 24.7 Å². The van der Waals surface area contributed by atoms with E-state index >= 15 is 0 Å². The van der Waals surface area contributed by atoms with Crippen LogP contribution in [0.5, 0.6) is 11.5 Å². The molecule has 0 bridgehead atoms. The van der Waals surface area contributed by atoms with Crippen LogP contribution in [0.1, 0.15) is 19.8 Å². The van der Waals surface area contributed by atoms with E-state index in [1.54, 1.807) is 12.1 Å². The summed E-state index contributed by atoms with van der Waals surface area (Å²) in [7, 11) is 1.52. The molecule has 4 N–H and O–H groups in total. The van der Waals surface area contributed by atoms with E-state index in [9.17, 15) is 9.90 Å². The number of rotatable bonds is 6. The van der Waals surface area contributed by atoms with Gasteiger partial charge >= 0.3 is 0 Å². The normalized spacial score (nSPS) is 11.9. The Balaban J connectivity index is 2.64. The number of hydrogen-bond acceptors (Lipinski definition) is 4. The maximum Gasteiger partial charge on any atom is 0.227 e. The molecule has 0 aliphatic carbocycles. The average molecular weight is 252 g/mol. The molecule has 0 heterocycles. The van der Waals surface area contributed by atoms with Gasteiger partial charge in [0.2, 0.25) is 5.91 Å². The molecule has 1 unspecified atom stereocenters. The molecule has 0 aliphatic heterocycles. The van der Waals surface area contributed by atoms with Crippen LogP contribution < -0.4 is 15.8 Å². The molecule has 0 saturated carbocycles. The van der Waals surface area contributed by atoms with Gasteiger partial charge in [0, 0.05) is 12.0 Å². The first kappa shape index (κ1) is 14.3. The SMILES string of the molecule is COc1ccc(NC(=O)C(C)CCCN)c(O)c1. The summed E-state index contributed by atoms with van der Waals surface area (Å²) in [5.41, 5.74) is 5.79. The summed E-state index contributed by atoms with van der Waals surface area (Å²) < 4.78 is 4.97. The average Bonchev–Trinajstić information content (AvgIpc) is 2.38. The van der Waals surface area contributed by atoms with Gasteiger partial charge in [0.25, 0.3) is 0 Å². The highest BCUT2D eigenvalue weighted by Gasteiger charge is 2.14. The summed E-state index contributed by atoms with van der Waals surface area (Å²) in [5.74, 6) is 0.286. The zero-order chi connectivity index (χ0) is 13.5. The molecular weight excluding hydrogens is 232 g/mol. The van der Waals surface area contributed by atoms with Gasteiger partial charge in [-0.2, -0.15) is 0 Å². The van der Waals surface area contributed by atoms with Crippen LogP contribution in [0.25, 0.3) is 0 Å². The maximum atomic E-state index is 11.8. The molecule has 0 radical (unpaired) electrons. The fourth-order valence-corrected chi connectivity index (χ4v) is 1.56. The van der Waals surface area contributed by atoms with Gasteiger partial charge in [0.1, 0.15) is 11.5 Å². The number of aromatic hydroxyl groups is 1.